The van der Waals surface area contributed by atoms with E-state index in [0.29, 0.717) is 54.9 Å². The number of methoxy groups -OCH3 is 1. The number of rotatable bonds is 9. The second-order valence-corrected chi connectivity index (χ2v) is 9.98. The molecule has 0 bridgehead atoms. The first-order valence-electron chi connectivity index (χ1n) is 13.1. The molecular weight excluding hydrogens is 481 g/mol. The quantitative estimate of drug-likeness (QED) is 0.363. The highest BCUT2D eigenvalue weighted by Gasteiger charge is 2.29. The Morgan fingerprint density at radius 3 is 2.34 bits per heavy atom. The molecule has 200 valence electrons. The summed E-state index contributed by atoms with van der Waals surface area (Å²) in [5, 5.41) is 3.02. The molecule has 1 N–H and O–H groups in total. The van der Waals surface area contributed by atoms with E-state index < -0.39 is 0 Å². The lowest BCUT2D eigenvalue weighted by atomic mass is 9.87. The Bertz CT molecular complexity index is 1280. The van der Waals surface area contributed by atoms with Crippen LogP contribution in [-0.2, 0) is 13.0 Å². The Hall–Kier alpha value is -3.71. The standard InChI is InChI=1S/C31H36FN3O3/c1-5-25-26(31(37)33-27-8-6-7-9-28(27)38-4)15-12-23(20-34(2)3)29(25)35-18-16-22(17-19-35)30(36)21-10-13-24(32)14-11-21/h6-15,22H,5,16-20H2,1-4H3,(H,33,37). The van der Waals surface area contributed by atoms with Crippen LogP contribution in [0.2, 0.25) is 0 Å². The van der Waals surface area contributed by atoms with Crippen LogP contribution in [0, 0.1) is 11.7 Å². The van der Waals surface area contributed by atoms with Gasteiger partial charge in [0, 0.05) is 42.4 Å². The van der Waals surface area contributed by atoms with Crippen molar-refractivity contribution in [3.8, 4) is 5.75 Å². The van der Waals surface area contributed by atoms with E-state index in [9.17, 15) is 14.0 Å². The number of piperidine rings is 1. The lowest BCUT2D eigenvalue weighted by molar-refractivity contribution is 0.0900. The lowest BCUT2D eigenvalue weighted by Gasteiger charge is -2.36. The number of ketones is 1. The molecule has 1 amide bonds. The van der Waals surface area contributed by atoms with Crippen LogP contribution in [0.3, 0.4) is 0 Å². The molecule has 7 heteroatoms. The van der Waals surface area contributed by atoms with Gasteiger partial charge in [0.1, 0.15) is 11.6 Å². The third kappa shape index (κ3) is 6.05. The highest BCUT2D eigenvalue weighted by molar-refractivity contribution is 6.07. The Balaban J connectivity index is 1.61. The van der Waals surface area contributed by atoms with Gasteiger partial charge in [-0.3, -0.25) is 9.59 Å². The Labute approximate surface area is 224 Å². The number of ether oxygens (including phenoxy) is 1. The van der Waals surface area contributed by atoms with Gasteiger partial charge >= 0.3 is 0 Å². The number of carbonyl (C=O) groups is 2. The second kappa shape index (κ2) is 12.2. The summed E-state index contributed by atoms with van der Waals surface area (Å²) in [6.45, 7) is 4.24. The average Bonchev–Trinajstić information content (AvgIpc) is 2.92. The molecule has 0 atom stereocenters. The number of carbonyl (C=O) groups excluding carboxylic acids is 2. The summed E-state index contributed by atoms with van der Waals surface area (Å²) in [5.74, 6) is 0.0584. The van der Waals surface area contributed by atoms with Gasteiger partial charge in [-0.2, -0.15) is 0 Å². The van der Waals surface area contributed by atoms with Gasteiger partial charge in [0.25, 0.3) is 5.91 Å². The summed E-state index contributed by atoms with van der Waals surface area (Å²) < 4.78 is 18.7. The molecule has 1 saturated heterocycles. The summed E-state index contributed by atoms with van der Waals surface area (Å²) >= 11 is 0. The van der Waals surface area contributed by atoms with Crippen molar-refractivity contribution in [2.45, 2.75) is 32.7 Å². The van der Waals surface area contributed by atoms with Crippen LogP contribution in [0.15, 0.2) is 60.7 Å². The smallest absolute Gasteiger partial charge is 0.256 e. The van der Waals surface area contributed by atoms with Gasteiger partial charge in [0.05, 0.1) is 12.8 Å². The third-order valence-electron chi connectivity index (χ3n) is 7.12. The van der Waals surface area contributed by atoms with Crippen molar-refractivity contribution < 1.29 is 18.7 Å². The van der Waals surface area contributed by atoms with E-state index in [1.807, 2.05) is 50.5 Å². The Kier molecular flexibility index (Phi) is 8.79. The van der Waals surface area contributed by atoms with Crippen LogP contribution in [0.25, 0.3) is 0 Å². The number of benzene rings is 3. The van der Waals surface area contributed by atoms with Gasteiger partial charge in [-0.1, -0.05) is 25.1 Å². The average molecular weight is 518 g/mol. The van der Waals surface area contributed by atoms with Gasteiger partial charge < -0.3 is 19.9 Å². The molecule has 0 radical (unpaired) electrons. The van der Waals surface area contributed by atoms with Crippen LogP contribution in [0.5, 0.6) is 5.75 Å². The monoisotopic (exact) mass is 517 g/mol. The lowest BCUT2D eigenvalue weighted by Crippen LogP contribution is -2.38. The van der Waals surface area contributed by atoms with Gasteiger partial charge in [0.2, 0.25) is 0 Å². The number of para-hydroxylation sites is 2. The number of nitrogens with zero attached hydrogens (tertiary/aromatic N) is 2. The molecule has 0 aromatic heterocycles. The molecule has 0 saturated carbocycles. The van der Waals surface area contributed by atoms with E-state index >= 15 is 0 Å². The van der Waals surface area contributed by atoms with E-state index in [1.165, 1.54) is 12.1 Å². The van der Waals surface area contributed by atoms with Crippen molar-refractivity contribution >= 4 is 23.1 Å². The molecule has 3 aromatic rings. The normalized spacial score (nSPS) is 14.0. The van der Waals surface area contributed by atoms with Crippen molar-refractivity contribution in [2.24, 2.45) is 5.92 Å². The molecule has 3 aromatic carbocycles. The maximum absolute atomic E-state index is 13.5. The predicted molar refractivity (Wildman–Crippen MR) is 150 cm³/mol. The third-order valence-corrected chi connectivity index (χ3v) is 7.12. The van der Waals surface area contributed by atoms with Crippen molar-refractivity contribution in [1.82, 2.24) is 4.90 Å². The molecule has 1 aliphatic rings. The molecule has 38 heavy (non-hydrogen) atoms. The summed E-state index contributed by atoms with van der Waals surface area (Å²) in [6.07, 6.45) is 2.11. The van der Waals surface area contributed by atoms with Crippen LogP contribution in [0.1, 0.15) is 51.6 Å². The molecule has 6 nitrogen and oxygen atoms in total. The van der Waals surface area contributed by atoms with E-state index in [4.69, 9.17) is 4.74 Å². The largest absolute Gasteiger partial charge is 0.495 e. The fourth-order valence-electron chi connectivity index (χ4n) is 5.27. The topological polar surface area (TPSA) is 61.9 Å². The number of amides is 1. The van der Waals surface area contributed by atoms with Crippen LogP contribution in [0.4, 0.5) is 15.8 Å². The molecule has 1 aliphatic heterocycles. The van der Waals surface area contributed by atoms with Crippen molar-refractivity contribution in [1.29, 1.82) is 0 Å². The van der Waals surface area contributed by atoms with E-state index in [0.717, 1.165) is 23.4 Å². The maximum Gasteiger partial charge on any atom is 0.256 e. The highest BCUT2D eigenvalue weighted by Crippen LogP contribution is 2.35. The van der Waals surface area contributed by atoms with E-state index in [-0.39, 0.29) is 23.4 Å². The number of Topliss-reactive ketones (excluding diaryl/α,β-unsaturated/α-hetero) is 1. The zero-order valence-corrected chi connectivity index (χ0v) is 22.6. The summed E-state index contributed by atoms with van der Waals surface area (Å²) in [6, 6.07) is 17.1. The molecule has 0 unspecified atom stereocenters. The molecule has 0 aliphatic carbocycles. The van der Waals surface area contributed by atoms with Crippen LogP contribution in [-0.4, -0.2) is 50.9 Å². The molecule has 4 rings (SSSR count). The number of halogens is 1. The highest BCUT2D eigenvalue weighted by atomic mass is 19.1. The van der Waals surface area contributed by atoms with Gasteiger partial charge in [-0.05, 0) is 86.9 Å². The summed E-state index contributed by atoms with van der Waals surface area (Å²) in [4.78, 5) is 31.0. The molecule has 0 spiro atoms. The first-order valence-corrected chi connectivity index (χ1v) is 13.1. The zero-order valence-electron chi connectivity index (χ0n) is 22.6. The maximum atomic E-state index is 13.5. The zero-order chi connectivity index (χ0) is 27.2. The first kappa shape index (κ1) is 27.3. The fourth-order valence-corrected chi connectivity index (χ4v) is 5.27. The van der Waals surface area contributed by atoms with Gasteiger partial charge in [-0.15, -0.1) is 0 Å². The number of hydrogen-bond donors (Lipinski definition) is 1. The van der Waals surface area contributed by atoms with Gasteiger partial charge in [0.15, 0.2) is 5.78 Å². The summed E-state index contributed by atoms with van der Waals surface area (Å²) in [5.41, 5.74) is 5.06. The molecular formula is C31H36FN3O3. The van der Waals surface area contributed by atoms with Crippen molar-refractivity contribution in [3.63, 3.8) is 0 Å². The Morgan fingerprint density at radius 2 is 1.71 bits per heavy atom. The minimum absolute atomic E-state index is 0.0683. The Morgan fingerprint density at radius 1 is 1.03 bits per heavy atom. The SMILES string of the molecule is CCc1c(C(=O)Nc2ccccc2OC)ccc(CN(C)C)c1N1CCC(C(=O)c2ccc(F)cc2)CC1. The van der Waals surface area contributed by atoms with E-state index in [2.05, 4.69) is 22.0 Å². The minimum atomic E-state index is -0.341. The molecule has 1 fully saturated rings. The van der Waals surface area contributed by atoms with Crippen molar-refractivity contribution in [3.05, 3.63) is 88.7 Å². The number of hydrogen-bond acceptors (Lipinski definition) is 5. The number of nitrogens with one attached hydrogen (secondary N) is 1. The summed E-state index contributed by atoms with van der Waals surface area (Å²) in [7, 11) is 5.65. The first-order chi connectivity index (χ1) is 18.3. The van der Waals surface area contributed by atoms with Crippen LogP contribution >= 0.6 is 0 Å². The van der Waals surface area contributed by atoms with Crippen molar-refractivity contribution in [2.75, 3.05) is 44.5 Å². The predicted octanol–water partition coefficient (Wildman–Crippen LogP) is 5.81. The van der Waals surface area contributed by atoms with E-state index in [1.54, 1.807) is 19.2 Å². The van der Waals surface area contributed by atoms with Gasteiger partial charge in [-0.25, -0.2) is 4.39 Å². The minimum Gasteiger partial charge on any atom is -0.495 e. The number of anilines is 2. The van der Waals surface area contributed by atoms with Crippen LogP contribution < -0.4 is 15.0 Å². The molecule has 1 heterocycles. The second-order valence-electron chi connectivity index (χ2n) is 9.98. The fraction of sp³-hybridized carbons (Fsp3) is 0.355.